The number of rotatable bonds is 17. The molecule has 27 heavy (non-hydrogen) atoms. The van der Waals surface area contributed by atoms with E-state index in [1.807, 2.05) is 30.4 Å². The number of hydrogen-bond acceptors (Lipinski definition) is 4. The number of hydrogen-bond donors (Lipinski definition) is 4. The van der Waals surface area contributed by atoms with Gasteiger partial charge in [0, 0.05) is 13.0 Å². The topological polar surface area (TPSA) is 89.8 Å². The van der Waals surface area contributed by atoms with E-state index in [9.17, 15) is 15.0 Å². The molecule has 0 radical (unpaired) electrons. The van der Waals surface area contributed by atoms with Crippen molar-refractivity contribution in [3.05, 3.63) is 36.5 Å². The Balaban J connectivity index is 3.69. The van der Waals surface area contributed by atoms with Crippen molar-refractivity contribution in [2.24, 2.45) is 0 Å². The van der Waals surface area contributed by atoms with Crippen LogP contribution in [0.15, 0.2) is 36.5 Å². The largest absolute Gasteiger partial charge is 0.395 e. The van der Waals surface area contributed by atoms with Crippen LogP contribution in [-0.2, 0) is 4.79 Å². The van der Waals surface area contributed by atoms with E-state index in [-0.39, 0.29) is 12.5 Å². The van der Waals surface area contributed by atoms with Gasteiger partial charge < -0.3 is 20.6 Å². The fourth-order valence-electron chi connectivity index (χ4n) is 2.47. The molecule has 0 aliphatic rings. The number of nitrogens with one attached hydrogen (secondary N) is 1. The van der Waals surface area contributed by atoms with E-state index >= 15 is 0 Å². The Morgan fingerprint density at radius 2 is 1.48 bits per heavy atom. The van der Waals surface area contributed by atoms with Gasteiger partial charge in [-0.15, -0.1) is 0 Å². The van der Waals surface area contributed by atoms with E-state index < -0.39 is 12.2 Å². The molecule has 156 valence electrons. The van der Waals surface area contributed by atoms with E-state index in [0.29, 0.717) is 25.8 Å². The minimum atomic E-state index is -0.733. The third-order valence-corrected chi connectivity index (χ3v) is 4.15. The standard InChI is InChI=1S/C22H39NO4/c1-2-3-4-5-9-12-15-20(25)21(26)16-13-10-7-6-8-11-14-17-22(27)23-18-19-24/h6,8-10,12-13,20-21,24-26H,2-5,7,11,14-19H2,1H3,(H,23,27)/b8-6-,12-9-,13-10-. The Kier molecular flexibility index (Phi) is 18.3. The predicted molar refractivity (Wildman–Crippen MR) is 111 cm³/mol. The number of carbonyl (C=O) groups is 1. The summed E-state index contributed by atoms with van der Waals surface area (Å²) >= 11 is 0. The highest BCUT2D eigenvalue weighted by Crippen LogP contribution is 2.07. The van der Waals surface area contributed by atoms with Gasteiger partial charge in [0.2, 0.25) is 5.91 Å². The number of allylic oxidation sites excluding steroid dienone is 4. The molecule has 0 aromatic heterocycles. The Morgan fingerprint density at radius 1 is 0.889 bits per heavy atom. The molecule has 5 heteroatoms. The highest BCUT2D eigenvalue weighted by molar-refractivity contribution is 5.75. The minimum absolute atomic E-state index is 0.0271. The van der Waals surface area contributed by atoms with Gasteiger partial charge in [0.1, 0.15) is 0 Å². The lowest BCUT2D eigenvalue weighted by molar-refractivity contribution is -0.121. The number of amides is 1. The van der Waals surface area contributed by atoms with Gasteiger partial charge in [-0.3, -0.25) is 4.79 Å². The molecule has 2 unspecified atom stereocenters. The van der Waals surface area contributed by atoms with Crippen molar-refractivity contribution in [2.45, 2.75) is 83.3 Å². The van der Waals surface area contributed by atoms with Gasteiger partial charge in [-0.1, -0.05) is 56.2 Å². The first kappa shape index (κ1) is 25.6. The van der Waals surface area contributed by atoms with Crippen LogP contribution in [0.1, 0.15) is 71.1 Å². The zero-order valence-electron chi connectivity index (χ0n) is 16.9. The first-order chi connectivity index (χ1) is 13.1. The van der Waals surface area contributed by atoms with Crippen molar-refractivity contribution < 1.29 is 20.1 Å². The van der Waals surface area contributed by atoms with Crippen LogP contribution in [0.5, 0.6) is 0 Å². The first-order valence-electron chi connectivity index (χ1n) is 10.3. The van der Waals surface area contributed by atoms with Crippen molar-refractivity contribution in [1.82, 2.24) is 5.32 Å². The minimum Gasteiger partial charge on any atom is -0.395 e. The second-order valence-electron chi connectivity index (χ2n) is 6.72. The van der Waals surface area contributed by atoms with Gasteiger partial charge in [-0.2, -0.15) is 0 Å². The highest BCUT2D eigenvalue weighted by atomic mass is 16.3. The van der Waals surface area contributed by atoms with E-state index in [1.165, 1.54) is 19.3 Å². The summed E-state index contributed by atoms with van der Waals surface area (Å²) in [5.74, 6) is -0.0271. The molecule has 0 aromatic rings. The number of unbranched alkanes of at least 4 members (excludes halogenated alkanes) is 4. The summed E-state index contributed by atoms with van der Waals surface area (Å²) in [6.07, 6.45) is 19.0. The zero-order valence-corrected chi connectivity index (χ0v) is 16.9. The van der Waals surface area contributed by atoms with E-state index in [2.05, 4.69) is 18.3 Å². The molecular formula is C22H39NO4. The smallest absolute Gasteiger partial charge is 0.220 e. The molecule has 0 aliphatic heterocycles. The second-order valence-corrected chi connectivity index (χ2v) is 6.72. The zero-order chi connectivity index (χ0) is 20.2. The summed E-state index contributed by atoms with van der Waals surface area (Å²) in [6, 6.07) is 0. The maximum absolute atomic E-state index is 11.3. The molecule has 0 saturated carbocycles. The van der Waals surface area contributed by atoms with Crippen LogP contribution in [0.3, 0.4) is 0 Å². The van der Waals surface area contributed by atoms with Gasteiger partial charge >= 0.3 is 0 Å². The van der Waals surface area contributed by atoms with E-state index in [0.717, 1.165) is 25.7 Å². The monoisotopic (exact) mass is 381 g/mol. The number of carbonyl (C=O) groups excluding carboxylic acids is 1. The predicted octanol–water partition coefficient (Wildman–Crippen LogP) is 3.41. The van der Waals surface area contributed by atoms with Crippen LogP contribution >= 0.6 is 0 Å². The lowest BCUT2D eigenvalue weighted by Gasteiger charge is -2.14. The molecule has 0 bridgehead atoms. The third kappa shape index (κ3) is 17.7. The van der Waals surface area contributed by atoms with Crippen LogP contribution in [0.4, 0.5) is 0 Å². The molecule has 0 rings (SSSR count). The quantitative estimate of drug-likeness (QED) is 0.230. The molecule has 0 saturated heterocycles. The van der Waals surface area contributed by atoms with Crippen LogP contribution in [0.25, 0.3) is 0 Å². The molecule has 5 nitrogen and oxygen atoms in total. The summed E-state index contributed by atoms with van der Waals surface area (Å²) in [7, 11) is 0. The molecular weight excluding hydrogens is 342 g/mol. The third-order valence-electron chi connectivity index (χ3n) is 4.15. The van der Waals surface area contributed by atoms with Crippen LogP contribution in [0, 0.1) is 0 Å². The van der Waals surface area contributed by atoms with Gasteiger partial charge in [-0.25, -0.2) is 0 Å². The SMILES string of the molecule is CCCCC/C=C\CC(O)C(O)C/C=C\C/C=C\CCCC(=O)NCCO. The van der Waals surface area contributed by atoms with Crippen LogP contribution in [-0.4, -0.2) is 46.6 Å². The first-order valence-corrected chi connectivity index (χ1v) is 10.3. The van der Waals surface area contributed by atoms with E-state index in [1.54, 1.807) is 0 Å². The summed E-state index contributed by atoms with van der Waals surface area (Å²) in [5, 5.41) is 31.1. The maximum Gasteiger partial charge on any atom is 0.220 e. The fourth-order valence-corrected chi connectivity index (χ4v) is 2.47. The van der Waals surface area contributed by atoms with Crippen molar-refractivity contribution in [2.75, 3.05) is 13.2 Å². The average Bonchev–Trinajstić information content (AvgIpc) is 2.67. The van der Waals surface area contributed by atoms with Gasteiger partial charge in [0.15, 0.2) is 0 Å². The second kappa shape index (κ2) is 19.3. The van der Waals surface area contributed by atoms with Crippen molar-refractivity contribution in [3.63, 3.8) is 0 Å². The Morgan fingerprint density at radius 3 is 2.15 bits per heavy atom. The van der Waals surface area contributed by atoms with Crippen molar-refractivity contribution in [1.29, 1.82) is 0 Å². The van der Waals surface area contributed by atoms with Gasteiger partial charge in [0.05, 0.1) is 18.8 Å². The molecule has 0 aliphatic carbocycles. The fraction of sp³-hybridized carbons (Fsp3) is 0.682. The van der Waals surface area contributed by atoms with Crippen molar-refractivity contribution >= 4 is 5.91 Å². The molecule has 2 atom stereocenters. The molecule has 0 spiro atoms. The van der Waals surface area contributed by atoms with Crippen LogP contribution in [0.2, 0.25) is 0 Å². The highest BCUT2D eigenvalue weighted by Gasteiger charge is 2.12. The Hall–Kier alpha value is -1.43. The maximum atomic E-state index is 11.3. The normalized spacial score (nSPS) is 14.4. The Labute approximate surface area is 164 Å². The molecule has 0 fully saturated rings. The summed E-state index contributed by atoms with van der Waals surface area (Å²) in [5.41, 5.74) is 0. The summed E-state index contributed by atoms with van der Waals surface area (Å²) in [6.45, 7) is 2.46. The Bertz CT molecular complexity index is 432. The summed E-state index contributed by atoms with van der Waals surface area (Å²) in [4.78, 5) is 11.3. The molecule has 0 aromatic carbocycles. The van der Waals surface area contributed by atoms with E-state index in [4.69, 9.17) is 5.11 Å². The van der Waals surface area contributed by atoms with Gasteiger partial charge in [0.25, 0.3) is 0 Å². The number of aliphatic hydroxyl groups excluding tert-OH is 3. The molecule has 4 N–H and O–H groups in total. The summed E-state index contributed by atoms with van der Waals surface area (Å²) < 4.78 is 0. The number of aliphatic hydroxyl groups is 3. The lowest BCUT2D eigenvalue weighted by Crippen LogP contribution is -2.25. The van der Waals surface area contributed by atoms with Crippen molar-refractivity contribution in [3.8, 4) is 0 Å². The molecule has 0 heterocycles. The average molecular weight is 382 g/mol. The molecule has 1 amide bonds. The van der Waals surface area contributed by atoms with Gasteiger partial charge in [-0.05, 0) is 44.9 Å². The van der Waals surface area contributed by atoms with Crippen LogP contribution < -0.4 is 5.32 Å². The lowest BCUT2D eigenvalue weighted by atomic mass is 10.1.